The van der Waals surface area contributed by atoms with Crippen molar-refractivity contribution in [2.24, 2.45) is 5.41 Å². The minimum absolute atomic E-state index is 0.0224. The SMILES string of the molecule is COc1ccc(NC(=O)C2(C(=O)N(C)C3CCS(=O)(=O)C3)CC2)cc1. The van der Waals surface area contributed by atoms with Gasteiger partial charge in [-0.05, 0) is 43.5 Å². The third kappa shape index (κ3) is 3.49. The number of hydrogen-bond acceptors (Lipinski definition) is 5. The van der Waals surface area contributed by atoms with Gasteiger partial charge in [0.25, 0.3) is 0 Å². The highest BCUT2D eigenvalue weighted by Crippen LogP contribution is 2.48. The topological polar surface area (TPSA) is 92.8 Å². The molecule has 1 atom stereocenters. The van der Waals surface area contributed by atoms with Crippen LogP contribution >= 0.6 is 0 Å². The molecule has 2 fully saturated rings. The van der Waals surface area contributed by atoms with Crippen molar-refractivity contribution >= 4 is 27.3 Å². The summed E-state index contributed by atoms with van der Waals surface area (Å²) in [6, 6.07) is 6.54. The van der Waals surface area contributed by atoms with Gasteiger partial charge in [0.1, 0.15) is 11.2 Å². The van der Waals surface area contributed by atoms with Crippen molar-refractivity contribution in [1.29, 1.82) is 0 Å². The minimum atomic E-state index is -3.08. The van der Waals surface area contributed by atoms with Gasteiger partial charge in [0, 0.05) is 18.8 Å². The lowest BCUT2D eigenvalue weighted by molar-refractivity contribution is -0.142. The Morgan fingerprint density at radius 3 is 2.36 bits per heavy atom. The van der Waals surface area contributed by atoms with E-state index in [0.717, 1.165) is 0 Å². The molecular formula is C17H22N2O5S. The number of amides is 2. The van der Waals surface area contributed by atoms with E-state index in [2.05, 4.69) is 5.32 Å². The lowest BCUT2D eigenvalue weighted by Gasteiger charge is -2.27. The maximum Gasteiger partial charge on any atom is 0.240 e. The molecule has 25 heavy (non-hydrogen) atoms. The number of methoxy groups -OCH3 is 1. The smallest absolute Gasteiger partial charge is 0.240 e. The third-order valence-electron chi connectivity index (χ3n) is 5.02. The van der Waals surface area contributed by atoms with E-state index in [4.69, 9.17) is 4.74 Å². The average molecular weight is 366 g/mol. The van der Waals surface area contributed by atoms with Gasteiger partial charge < -0.3 is 15.0 Å². The Morgan fingerprint density at radius 1 is 1.24 bits per heavy atom. The Labute approximate surface area is 147 Å². The number of carbonyl (C=O) groups excluding carboxylic acids is 2. The first-order chi connectivity index (χ1) is 11.8. The highest BCUT2D eigenvalue weighted by Gasteiger charge is 2.58. The first kappa shape index (κ1) is 17.7. The summed E-state index contributed by atoms with van der Waals surface area (Å²) < 4.78 is 28.3. The number of anilines is 1. The van der Waals surface area contributed by atoms with E-state index in [1.165, 1.54) is 4.90 Å². The molecule has 1 N–H and O–H groups in total. The van der Waals surface area contributed by atoms with Gasteiger partial charge in [0.2, 0.25) is 11.8 Å². The van der Waals surface area contributed by atoms with Crippen molar-refractivity contribution in [2.75, 3.05) is 31.0 Å². The molecule has 0 radical (unpaired) electrons. The van der Waals surface area contributed by atoms with Crippen LogP contribution in [0.3, 0.4) is 0 Å². The predicted molar refractivity (Wildman–Crippen MR) is 93.1 cm³/mol. The van der Waals surface area contributed by atoms with Crippen LogP contribution in [0.1, 0.15) is 19.3 Å². The fraction of sp³-hybridized carbons (Fsp3) is 0.529. The Hall–Kier alpha value is -2.09. The van der Waals surface area contributed by atoms with Crippen molar-refractivity contribution in [3.8, 4) is 5.75 Å². The number of hydrogen-bond donors (Lipinski definition) is 1. The second kappa shape index (κ2) is 6.33. The van der Waals surface area contributed by atoms with Gasteiger partial charge in [-0.2, -0.15) is 0 Å². The van der Waals surface area contributed by atoms with Gasteiger partial charge in [-0.1, -0.05) is 0 Å². The van der Waals surface area contributed by atoms with E-state index >= 15 is 0 Å². The number of sulfone groups is 1. The lowest BCUT2D eigenvalue weighted by Crippen LogP contribution is -2.46. The fourth-order valence-electron chi connectivity index (χ4n) is 3.17. The fourth-order valence-corrected chi connectivity index (χ4v) is 4.95. The third-order valence-corrected chi connectivity index (χ3v) is 6.77. The monoisotopic (exact) mass is 366 g/mol. The van der Waals surface area contributed by atoms with E-state index in [1.54, 1.807) is 38.4 Å². The molecule has 0 aromatic heterocycles. The van der Waals surface area contributed by atoms with Crippen molar-refractivity contribution in [1.82, 2.24) is 4.90 Å². The van der Waals surface area contributed by atoms with E-state index in [9.17, 15) is 18.0 Å². The zero-order chi connectivity index (χ0) is 18.2. The minimum Gasteiger partial charge on any atom is -0.497 e. The molecule has 1 unspecified atom stereocenters. The average Bonchev–Trinajstić information content (AvgIpc) is 3.32. The quantitative estimate of drug-likeness (QED) is 0.787. The van der Waals surface area contributed by atoms with Crippen LogP contribution in [0.25, 0.3) is 0 Å². The Balaban J connectivity index is 1.68. The molecule has 1 heterocycles. The molecule has 1 aromatic carbocycles. The summed E-state index contributed by atoms with van der Waals surface area (Å²) in [6.45, 7) is 0. The number of ether oxygens (including phenoxy) is 1. The summed E-state index contributed by atoms with van der Waals surface area (Å²) in [5.74, 6) is 0.125. The zero-order valence-electron chi connectivity index (χ0n) is 14.3. The molecule has 136 valence electrons. The van der Waals surface area contributed by atoms with Crippen LogP contribution in [0, 0.1) is 5.41 Å². The van der Waals surface area contributed by atoms with E-state index in [1.807, 2.05) is 0 Å². The van der Waals surface area contributed by atoms with Crippen LogP contribution < -0.4 is 10.1 Å². The number of benzene rings is 1. The van der Waals surface area contributed by atoms with Gasteiger partial charge in [-0.25, -0.2) is 8.42 Å². The zero-order valence-corrected chi connectivity index (χ0v) is 15.1. The van der Waals surface area contributed by atoms with Crippen molar-refractivity contribution < 1.29 is 22.7 Å². The Bertz CT molecular complexity index is 784. The molecule has 2 aliphatic rings. The second-order valence-corrected chi connectivity index (χ2v) is 8.97. The van der Waals surface area contributed by atoms with E-state index in [0.29, 0.717) is 30.7 Å². The molecule has 1 saturated carbocycles. The van der Waals surface area contributed by atoms with E-state index in [-0.39, 0.29) is 29.4 Å². The van der Waals surface area contributed by atoms with Gasteiger partial charge in [0.05, 0.1) is 18.6 Å². The second-order valence-electron chi connectivity index (χ2n) is 6.74. The summed E-state index contributed by atoms with van der Waals surface area (Å²) in [5.41, 5.74) is -0.475. The van der Waals surface area contributed by atoms with Gasteiger partial charge >= 0.3 is 0 Å². The van der Waals surface area contributed by atoms with Crippen LogP contribution in [0.5, 0.6) is 5.75 Å². The maximum atomic E-state index is 12.8. The molecule has 1 aliphatic carbocycles. The molecule has 1 aromatic rings. The highest BCUT2D eigenvalue weighted by atomic mass is 32.2. The van der Waals surface area contributed by atoms with Crippen molar-refractivity contribution in [2.45, 2.75) is 25.3 Å². The summed E-state index contributed by atoms with van der Waals surface area (Å²) in [7, 11) is 0.0710. The summed E-state index contributed by atoms with van der Waals surface area (Å²) >= 11 is 0. The number of rotatable bonds is 5. The molecule has 8 heteroatoms. The largest absolute Gasteiger partial charge is 0.497 e. The normalized spacial score (nSPS) is 22.9. The first-order valence-corrected chi connectivity index (χ1v) is 10.0. The Kier molecular flexibility index (Phi) is 4.49. The molecule has 0 bridgehead atoms. The van der Waals surface area contributed by atoms with Crippen LogP contribution in [0.4, 0.5) is 5.69 Å². The van der Waals surface area contributed by atoms with Crippen molar-refractivity contribution in [3.05, 3.63) is 24.3 Å². The predicted octanol–water partition coefficient (Wildman–Crippen LogP) is 1.06. The first-order valence-electron chi connectivity index (χ1n) is 8.21. The summed E-state index contributed by atoms with van der Waals surface area (Å²) in [4.78, 5) is 26.9. The highest BCUT2D eigenvalue weighted by molar-refractivity contribution is 7.91. The molecule has 0 spiro atoms. The number of nitrogens with one attached hydrogen (secondary N) is 1. The van der Waals surface area contributed by atoms with Crippen LogP contribution in [-0.4, -0.2) is 56.8 Å². The number of carbonyl (C=O) groups is 2. The van der Waals surface area contributed by atoms with Crippen LogP contribution in [0.2, 0.25) is 0 Å². The molecule has 3 rings (SSSR count). The molecular weight excluding hydrogens is 344 g/mol. The summed E-state index contributed by atoms with van der Waals surface area (Å²) in [6.07, 6.45) is 1.40. The lowest BCUT2D eigenvalue weighted by atomic mass is 10.0. The maximum absolute atomic E-state index is 12.8. The van der Waals surface area contributed by atoms with Crippen LogP contribution in [-0.2, 0) is 19.4 Å². The van der Waals surface area contributed by atoms with Crippen LogP contribution in [0.15, 0.2) is 24.3 Å². The molecule has 1 aliphatic heterocycles. The Morgan fingerprint density at radius 2 is 1.88 bits per heavy atom. The van der Waals surface area contributed by atoms with Crippen molar-refractivity contribution in [3.63, 3.8) is 0 Å². The molecule has 1 saturated heterocycles. The van der Waals surface area contributed by atoms with Gasteiger partial charge in [-0.15, -0.1) is 0 Å². The summed E-state index contributed by atoms with van der Waals surface area (Å²) in [5, 5.41) is 2.78. The molecule has 2 amide bonds. The molecule has 7 nitrogen and oxygen atoms in total. The van der Waals surface area contributed by atoms with Gasteiger partial charge in [0.15, 0.2) is 9.84 Å². The standard InChI is InChI=1S/C17H22N2O5S/c1-19(13-7-10-25(22,23)11-13)16(21)17(8-9-17)15(20)18-12-3-5-14(24-2)6-4-12/h3-6,13H,7-11H2,1-2H3,(H,18,20). The van der Waals surface area contributed by atoms with Gasteiger partial charge in [-0.3, -0.25) is 9.59 Å². The number of nitrogens with zero attached hydrogens (tertiary/aromatic N) is 1. The van der Waals surface area contributed by atoms with E-state index < -0.39 is 15.3 Å².